The molecule has 1 N–H and O–H groups in total. The second-order valence-corrected chi connectivity index (χ2v) is 8.99. The molecule has 0 saturated carbocycles. The van der Waals surface area contributed by atoms with Crippen molar-refractivity contribution >= 4 is 39.0 Å². The zero-order valence-corrected chi connectivity index (χ0v) is 16.3. The van der Waals surface area contributed by atoms with Crippen LogP contribution in [0, 0.1) is 0 Å². The monoisotopic (exact) mass is 420 g/mol. The Hall–Kier alpha value is -2.42. The summed E-state index contributed by atoms with van der Waals surface area (Å²) in [5, 5.41) is 3.01. The highest BCUT2D eigenvalue weighted by atomic mass is 35.5. The molecule has 0 radical (unpaired) electrons. The van der Waals surface area contributed by atoms with Crippen LogP contribution in [0.5, 0.6) is 5.75 Å². The summed E-state index contributed by atoms with van der Waals surface area (Å²) in [5.41, 5.74) is 0.414. The minimum atomic E-state index is -3.82. The molecule has 2 heterocycles. The van der Waals surface area contributed by atoms with Gasteiger partial charge in [-0.05, 0) is 55.3 Å². The average molecular weight is 421 g/mol. The lowest BCUT2D eigenvalue weighted by atomic mass is 10.1. The van der Waals surface area contributed by atoms with E-state index in [9.17, 15) is 18.0 Å². The predicted molar refractivity (Wildman–Crippen MR) is 103 cm³/mol. The van der Waals surface area contributed by atoms with E-state index in [0.29, 0.717) is 29.4 Å². The van der Waals surface area contributed by atoms with E-state index < -0.39 is 21.7 Å². The second kappa shape index (κ2) is 7.20. The number of nitrogens with zero attached hydrogens (tertiary/aromatic N) is 1. The molecule has 28 heavy (non-hydrogen) atoms. The van der Waals surface area contributed by atoms with Gasteiger partial charge >= 0.3 is 0 Å². The van der Waals surface area contributed by atoms with Crippen LogP contribution in [0.2, 0.25) is 5.02 Å². The number of rotatable bonds is 5. The number of sulfonamides is 1. The number of nitrogens with one attached hydrogen (secondary N) is 1. The fourth-order valence-electron chi connectivity index (χ4n) is 3.43. The molecule has 0 bridgehead atoms. The van der Waals surface area contributed by atoms with Crippen molar-refractivity contribution in [2.24, 2.45) is 0 Å². The number of benzene rings is 2. The first kappa shape index (κ1) is 18.9. The number of hydrogen-bond donors (Lipinski definition) is 1. The Labute approximate surface area is 167 Å². The predicted octanol–water partition coefficient (Wildman–Crippen LogP) is 2.71. The van der Waals surface area contributed by atoms with Gasteiger partial charge in [-0.25, -0.2) is 8.42 Å². The number of carbonyl (C=O) groups is 2. The van der Waals surface area contributed by atoms with Crippen LogP contribution in [0.4, 0.5) is 5.69 Å². The molecule has 2 aromatic carbocycles. The highest BCUT2D eigenvalue weighted by molar-refractivity contribution is 7.89. The van der Waals surface area contributed by atoms with E-state index in [-0.39, 0.29) is 23.1 Å². The number of amides is 1. The van der Waals surface area contributed by atoms with Crippen molar-refractivity contribution in [3.05, 3.63) is 53.1 Å². The van der Waals surface area contributed by atoms with Gasteiger partial charge < -0.3 is 10.1 Å². The number of fused-ring (bicyclic) bond motifs is 1. The van der Waals surface area contributed by atoms with Crippen molar-refractivity contribution in [2.75, 3.05) is 18.5 Å². The summed E-state index contributed by atoms with van der Waals surface area (Å²) in [6.07, 6.45) is 1.40. The van der Waals surface area contributed by atoms with Crippen molar-refractivity contribution in [2.45, 2.75) is 23.8 Å². The van der Waals surface area contributed by atoms with Crippen LogP contribution < -0.4 is 10.1 Å². The summed E-state index contributed by atoms with van der Waals surface area (Å²) in [4.78, 5) is 23.4. The highest BCUT2D eigenvalue weighted by Gasteiger charge is 2.37. The summed E-state index contributed by atoms with van der Waals surface area (Å²) < 4.78 is 33.4. The number of Topliss-reactive ketones (excluding diaryl/α,β-unsaturated/α-hetero) is 1. The lowest BCUT2D eigenvalue weighted by Gasteiger charge is -2.24. The Bertz CT molecular complexity index is 1050. The molecule has 1 atom stereocenters. The van der Waals surface area contributed by atoms with Crippen molar-refractivity contribution < 1.29 is 22.7 Å². The Morgan fingerprint density at radius 2 is 1.89 bits per heavy atom. The maximum absolute atomic E-state index is 13.1. The van der Waals surface area contributed by atoms with Crippen LogP contribution in [-0.2, 0) is 14.8 Å². The maximum atomic E-state index is 13.1. The summed E-state index contributed by atoms with van der Waals surface area (Å²) in [7, 11) is -3.82. The van der Waals surface area contributed by atoms with Gasteiger partial charge in [-0.15, -0.1) is 0 Å². The molecule has 0 spiro atoms. The van der Waals surface area contributed by atoms with Crippen LogP contribution >= 0.6 is 11.6 Å². The highest BCUT2D eigenvalue weighted by Crippen LogP contribution is 2.31. The fourth-order valence-corrected chi connectivity index (χ4v) is 5.26. The van der Waals surface area contributed by atoms with Crippen LogP contribution in [0.1, 0.15) is 23.2 Å². The van der Waals surface area contributed by atoms with E-state index in [1.54, 1.807) is 24.3 Å². The molecule has 0 aliphatic carbocycles. The molecule has 7 nitrogen and oxygen atoms in total. The Morgan fingerprint density at radius 1 is 1.14 bits per heavy atom. The third-order valence-electron chi connectivity index (χ3n) is 4.88. The van der Waals surface area contributed by atoms with Crippen molar-refractivity contribution in [3.8, 4) is 5.75 Å². The first-order valence-corrected chi connectivity index (χ1v) is 10.6. The molecular weight excluding hydrogens is 404 g/mol. The topological polar surface area (TPSA) is 92.8 Å². The van der Waals surface area contributed by atoms with Crippen molar-refractivity contribution in [1.29, 1.82) is 0 Å². The number of ether oxygens (including phenoxy) is 1. The number of hydrogen-bond acceptors (Lipinski definition) is 5. The van der Waals surface area contributed by atoms with Gasteiger partial charge in [0.2, 0.25) is 10.0 Å². The normalized spacial score (nSPS) is 19.5. The minimum absolute atomic E-state index is 0.00510. The third-order valence-corrected chi connectivity index (χ3v) is 7.08. The molecule has 0 aromatic heterocycles. The molecule has 9 heteroatoms. The van der Waals surface area contributed by atoms with Gasteiger partial charge in [0, 0.05) is 11.6 Å². The van der Waals surface area contributed by atoms with Gasteiger partial charge in [-0.1, -0.05) is 11.6 Å². The van der Waals surface area contributed by atoms with Gasteiger partial charge in [0.15, 0.2) is 0 Å². The number of carbonyl (C=O) groups excluding carboxylic acids is 2. The molecule has 2 aliphatic heterocycles. The molecule has 1 fully saturated rings. The molecule has 4 rings (SSSR count). The van der Waals surface area contributed by atoms with Crippen molar-refractivity contribution in [3.63, 3.8) is 0 Å². The molecule has 1 saturated heterocycles. The Balaban J connectivity index is 1.54. The molecule has 2 aromatic rings. The summed E-state index contributed by atoms with van der Waals surface area (Å²) >= 11 is 5.86. The molecule has 1 unspecified atom stereocenters. The van der Waals surface area contributed by atoms with Gasteiger partial charge in [0.25, 0.3) is 11.7 Å². The molecule has 146 valence electrons. The SMILES string of the molecule is O=C1Nc2ccc(S(=O)(=O)N3CCCC3COc3ccc(Cl)cc3)cc2C1=O. The zero-order valence-electron chi connectivity index (χ0n) is 14.7. The molecular formula is C19H17ClN2O5S. The maximum Gasteiger partial charge on any atom is 0.296 e. The summed E-state index contributed by atoms with van der Waals surface area (Å²) in [5.74, 6) is -0.864. The quantitative estimate of drug-likeness (QED) is 0.751. The smallest absolute Gasteiger partial charge is 0.296 e. The van der Waals surface area contributed by atoms with E-state index in [0.717, 1.165) is 6.42 Å². The molecule has 1 amide bonds. The standard InChI is InChI=1S/C19H17ClN2O5S/c20-12-3-5-14(6-4-12)27-11-13-2-1-9-22(13)28(25,26)15-7-8-17-16(10-15)18(23)19(24)21-17/h3-8,10,13H,1-2,9,11H2,(H,21,23,24). The number of halogens is 1. The van der Waals surface area contributed by atoms with Crippen molar-refractivity contribution in [1.82, 2.24) is 4.31 Å². The summed E-state index contributed by atoms with van der Waals surface area (Å²) in [6, 6.07) is 10.7. The number of anilines is 1. The Morgan fingerprint density at radius 3 is 2.64 bits per heavy atom. The lowest BCUT2D eigenvalue weighted by Crippen LogP contribution is -2.39. The third kappa shape index (κ3) is 3.39. The van der Waals surface area contributed by atoms with E-state index in [4.69, 9.17) is 16.3 Å². The van der Waals surface area contributed by atoms with Gasteiger partial charge in [0.1, 0.15) is 12.4 Å². The van der Waals surface area contributed by atoms with E-state index >= 15 is 0 Å². The van der Waals surface area contributed by atoms with E-state index in [1.165, 1.54) is 22.5 Å². The summed E-state index contributed by atoms with van der Waals surface area (Å²) in [6.45, 7) is 0.587. The number of ketones is 1. The van der Waals surface area contributed by atoms with E-state index in [2.05, 4.69) is 5.32 Å². The van der Waals surface area contributed by atoms with E-state index in [1.807, 2.05) is 0 Å². The zero-order chi connectivity index (χ0) is 19.9. The first-order chi connectivity index (χ1) is 13.4. The largest absolute Gasteiger partial charge is 0.492 e. The minimum Gasteiger partial charge on any atom is -0.492 e. The fraction of sp³-hybridized carbons (Fsp3) is 0.263. The first-order valence-electron chi connectivity index (χ1n) is 8.76. The van der Waals surface area contributed by atoms with Crippen LogP contribution in [0.15, 0.2) is 47.4 Å². The van der Waals surface area contributed by atoms with Crippen LogP contribution in [0.3, 0.4) is 0 Å². The van der Waals surface area contributed by atoms with Crippen LogP contribution in [-0.4, -0.2) is 43.6 Å². The van der Waals surface area contributed by atoms with Gasteiger partial charge in [-0.2, -0.15) is 4.31 Å². The lowest BCUT2D eigenvalue weighted by molar-refractivity contribution is -0.112. The van der Waals surface area contributed by atoms with Gasteiger partial charge in [0.05, 0.1) is 22.2 Å². The Kier molecular flexibility index (Phi) is 4.86. The van der Waals surface area contributed by atoms with Gasteiger partial charge in [-0.3, -0.25) is 9.59 Å². The van der Waals surface area contributed by atoms with Crippen LogP contribution in [0.25, 0.3) is 0 Å². The average Bonchev–Trinajstić information content (AvgIpc) is 3.26. The second-order valence-electron chi connectivity index (χ2n) is 6.67. The molecule has 2 aliphatic rings.